The summed E-state index contributed by atoms with van der Waals surface area (Å²) in [7, 11) is 0. The summed E-state index contributed by atoms with van der Waals surface area (Å²) in [5, 5.41) is 0. The Labute approximate surface area is 114 Å². The molecule has 0 aromatic rings. The molecule has 0 bridgehead atoms. The number of nitrogens with zero attached hydrogens (tertiary/aromatic N) is 1. The summed E-state index contributed by atoms with van der Waals surface area (Å²) in [6.07, 6.45) is 1.24. The van der Waals surface area contributed by atoms with Gasteiger partial charge in [-0.15, -0.1) is 0 Å². The van der Waals surface area contributed by atoms with Crippen molar-refractivity contribution in [3.05, 3.63) is 12.3 Å². The topological polar surface area (TPSA) is 55.8 Å². The van der Waals surface area contributed by atoms with Gasteiger partial charge in [0.1, 0.15) is 0 Å². The van der Waals surface area contributed by atoms with Crippen LogP contribution < -0.4 is 0 Å². The Kier molecular flexibility index (Phi) is 5.86. The van der Waals surface area contributed by atoms with Crippen molar-refractivity contribution in [2.75, 3.05) is 19.7 Å². The average Bonchev–Trinajstić information content (AvgIpc) is 2.37. The van der Waals surface area contributed by atoms with Crippen LogP contribution in [0.1, 0.15) is 33.6 Å². The molecule has 1 heterocycles. The van der Waals surface area contributed by atoms with Crippen LogP contribution in [-0.2, 0) is 14.3 Å². The van der Waals surface area contributed by atoms with Crippen LogP contribution in [0.4, 0.5) is 4.79 Å². The molecule has 1 aliphatic rings. The maximum absolute atomic E-state index is 11.7. The summed E-state index contributed by atoms with van der Waals surface area (Å²) >= 11 is 0. The van der Waals surface area contributed by atoms with Gasteiger partial charge in [-0.2, -0.15) is 0 Å². The lowest BCUT2D eigenvalue weighted by molar-refractivity contribution is -0.149. The Hall–Kier alpha value is -1.52. The minimum Gasteiger partial charge on any atom is -0.466 e. The normalized spacial score (nSPS) is 17.7. The highest BCUT2D eigenvalue weighted by Crippen LogP contribution is 2.26. The second-order valence-electron chi connectivity index (χ2n) is 4.94. The van der Waals surface area contributed by atoms with Gasteiger partial charge in [-0.25, -0.2) is 4.79 Å². The van der Waals surface area contributed by atoms with Gasteiger partial charge < -0.3 is 14.4 Å². The molecule has 1 rings (SSSR count). The van der Waals surface area contributed by atoms with Crippen molar-refractivity contribution in [2.45, 2.75) is 33.6 Å². The lowest BCUT2D eigenvalue weighted by Gasteiger charge is -2.33. The number of rotatable bonds is 4. The number of piperidine rings is 1. The minimum atomic E-state index is -0.352. The molecule has 5 heteroatoms. The molecule has 5 nitrogen and oxygen atoms in total. The zero-order valence-electron chi connectivity index (χ0n) is 12.0. The van der Waals surface area contributed by atoms with E-state index >= 15 is 0 Å². The molecular formula is C14H23NO4. The number of carbonyl (C=O) groups is 2. The lowest BCUT2D eigenvalue weighted by Crippen LogP contribution is -2.41. The fourth-order valence-electron chi connectivity index (χ4n) is 2.26. The minimum absolute atomic E-state index is 0.112. The van der Waals surface area contributed by atoms with Gasteiger partial charge in [-0.3, -0.25) is 4.79 Å². The summed E-state index contributed by atoms with van der Waals surface area (Å²) in [6, 6.07) is 0. The van der Waals surface area contributed by atoms with E-state index in [2.05, 4.69) is 6.58 Å². The summed E-state index contributed by atoms with van der Waals surface area (Å²) in [4.78, 5) is 25.0. The van der Waals surface area contributed by atoms with Crippen molar-refractivity contribution in [1.82, 2.24) is 4.90 Å². The third kappa shape index (κ3) is 4.58. The molecule has 108 valence electrons. The van der Waals surface area contributed by atoms with Crippen LogP contribution >= 0.6 is 0 Å². The maximum Gasteiger partial charge on any atom is 0.414 e. The quantitative estimate of drug-likeness (QED) is 0.581. The molecule has 0 saturated carbocycles. The van der Waals surface area contributed by atoms with Gasteiger partial charge in [0.15, 0.2) is 0 Å². The molecule has 0 aromatic carbocycles. The van der Waals surface area contributed by atoms with E-state index < -0.39 is 0 Å². The number of hydrogen-bond donors (Lipinski definition) is 0. The van der Waals surface area contributed by atoms with E-state index in [0.29, 0.717) is 25.5 Å². The molecule has 1 amide bonds. The molecule has 0 radical (unpaired) electrons. The Morgan fingerprint density at radius 1 is 1.37 bits per heavy atom. The standard InChI is InChI=1S/C14H23NO4/c1-5-18-13(16)11(4)12-6-8-15(9-7-12)14(17)19-10(2)3/h11-12H,2,5-9H2,1,3-4H3. The van der Waals surface area contributed by atoms with Crippen LogP contribution in [0.2, 0.25) is 0 Å². The number of esters is 1. The molecule has 1 aliphatic heterocycles. The summed E-state index contributed by atoms with van der Waals surface area (Å²) in [6.45, 7) is 10.5. The number of allylic oxidation sites excluding steroid dienone is 1. The fraction of sp³-hybridized carbons (Fsp3) is 0.714. The predicted molar refractivity (Wildman–Crippen MR) is 71.4 cm³/mol. The van der Waals surface area contributed by atoms with Gasteiger partial charge in [0, 0.05) is 13.1 Å². The van der Waals surface area contributed by atoms with Gasteiger partial charge in [-0.05, 0) is 32.6 Å². The molecular weight excluding hydrogens is 246 g/mol. The Morgan fingerprint density at radius 3 is 2.42 bits per heavy atom. The zero-order valence-corrected chi connectivity index (χ0v) is 12.0. The first kappa shape index (κ1) is 15.5. The van der Waals surface area contributed by atoms with Crippen LogP contribution in [0.3, 0.4) is 0 Å². The lowest BCUT2D eigenvalue weighted by atomic mass is 9.85. The highest BCUT2D eigenvalue weighted by molar-refractivity contribution is 5.72. The largest absolute Gasteiger partial charge is 0.466 e. The van der Waals surface area contributed by atoms with Crippen LogP contribution in [-0.4, -0.2) is 36.7 Å². The van der Waals surface area contributed by atoms with Crippen LogP contribution in [0.15, 0.2) is 12.3 Å². The number of carbonyl (C=O) groups excluding carboxylic acids is 2. The van der Waals surface area contributed by atoms with Crippen molar-refractivity contribution in [1.29, 1.82) is 0 Å². The van der Waals surface area contributed by atoms with Crippen LogP contribution in [0.5, 0.6) is 0 Å². The Morgan fingerprint density at radius 2 is 1.95 bits per heavy atom. The van der Waals surface area contributed by atoms with E-state index in [9.17, 15) is 9.59 Å². The predicted octanol–water partition coefficient (Wildman–Crippen LogP) is 2.57. The smallest absolute Gasteiger partial charge is 0.414 e. The third-order valence-corrected chi connectivity index (χ3v) is 3.42. The number of hydrogen-bond acceptors (Lipinski definition) is 4. The monoisotopic (exact) mass is 269 g/mol. The van der Waals surface area contributed by atoms with E-state index in [1.165, 1.54) is 0 Å². The van der Waals surface area contributed by atoms with Crippen LogP contribution in [0.25, 0.3) is 0 Å². The second kappa shape index (κ2) is 7.16. The first-order chi connectivity index (χ1) is 8.95. The highest BCUT2D eigenvalue weighted by atomic mass is 16.6. The van der Waals surface area contributed by atoms with Crippen LogP contribution in [0, 0.1) is 11.8 Å². The third-order valence-electron chi connectivity index (χ3n) is 3.42. The van der Waals surface area contributed by atoms with E-state index in [1.54, 1.807) is 18.7 Å². The van der Waals surface area contributed by atoms with Crippen molar-refractivity contribution < 1.29 is 19.1 Å². The average molecular weight is 269 g/mol. The molecule has 1 atom stereocenters. The van der Waals surface area contributed by atoms with Gasteiger partial charge >= 0.3 is 12.1 Å². The van der Waals surface area contributed by atoms with Gasteiger partial charge in [-0.1, -0.05) is 13.5 Å². The van der Waals surface area contributed by atoms with Crippen molar-refractivity contribution >= 4 is 12.1 Å². The summed E-state index contributed by atoms with van der Waals surface area (Å²) in [5.74, 6) is 0.407. The van der Waals surface area contributed by atoms with E-state index in [4.69, 9.17) is 9.47 Å². The molecule has 1 saturated heterocycles. The number of ether oxygens (including phenoxy) is 2. The zero-order chi connectivity index (χ0) is 14.4. The summed E-state index contributed by atoms with van der Waals surface area (Å²) < 4.78 is 10.0. The molecule has 1 fully saturated rings. The highest BCUT2D eigenvalue weighted by Gasteiger charge is 2.31. The molecule has 0 N–H and O–H groups in total. The number of likely N-dealkylation sites (tertiary alicyclic amines) is 1. The fourth-order valence-corrected chi connectivity index (χ4v) is 2.26. The molecule has 1 unspecified atom stereocenters. The van der Waals surface area contributed by atoms with Gasteiger partial charge in [0.05, 0.1) is 18.3 Å². The first-order valence-electron chi connectivity index (χ1n) is 6.74. The maximum atomic E-state index is 11.7. The van der Waals surface area contributed by atoms with E-state index in [0.717, 1.165) is 12.8 Å². The van der Waals surface area contributed by atoms with Gasteiger partial charge in [0.25, 0.3) is 0 Å². The van der Waals surface area contributed by atoms with E-state index in [1.807, 2.05) is 6.92 Å². The summed E-state index contributed by atoms with van der Waals surface area (Å²) in [5.41, 5.74) is 0. The second-order valence-corrected chi connectivity index (χ2v) is 4.94. The Balaban J connectivity index is 2.42. The number of amides is 1. The molecule has 19 heavy (non-hydrogen) atoms. The Bertz CT molecular complexity index is 345. The molecule has 0 aromatic heterocycles. The van der Waals surface area contributed by atoms with Crippen molar-refractivity contribution in [3.8, 4) is 0 Å². The molecule has 0 aliphatic carbocycles. The van der Waals surface area contributed by atoms with Crippen molar-refractivity contribution in [3.63, 3.8) is 0 Å². The van der Waals surface area contributed by atoms with E-state index in [-0.39, 0.29) is 23.9 Å². The molecule has 0 spiro atoms. The first-order valence-corrected chi connectivity index (χ1v) is 6.74. The SMILES string of the molecule is C=C(C)OC(=O)N1CCC(C(C)C(=O)OCC)CC1. The van der Waals surface area contributed by atoms with Crippen molar-refractivity contribution in [2.24, 2.45) is 11.8 Å². The van der Waals surface area contributed by atoms with Gasteiger partial charge in [0.2, 0.25) is 0 Å².